The molecule has 0 aromatic rings. The van der Waals surface area contributed by atoms with Crippen LogP contribution in [0, 0.1) is 11.8 Å². The molecular formula is C13H23ClF3N3O. The molecule has 0 aromatic heterocycles. The number of piperidine rings is 1. The lowest BCUT2D eigenvalue weighted by Crippen LogP contribution is -2.39. The van der Waals surface area contributed by atoms with Crippen molar-refractivity contribution in [3.63, 3.8) is 0 Å². The first-order chi connectivity index (χ1) is 9.44. The Labute approximate surface area is 129 Å². The summed E-state index contributed by atoms with van der Waals surface area (Å²) < 4.78 is 36.2. The third-order valence-corrected chi connectivity index (χ3v) is 4.08. The van der Waals surface area contributed by atoms with E-state index in [1.807, 2.05) is 5.32 Å². The van der Waals surface area contributed by atoms with Crippen molar-refractivity contribution in [1.82, 2.24) is 15.5 Å². The van der Waals surface area contributed by atoms with Gasteiger partial charge in [-0.05, 0) is 44.8 Å². The van der Waals surface area contributed by atoms with Gasteiger partial charge < -0.3 is 15.5 Å². The van der Waals surface area contributed by atoms with Crippen LogP contribution in [0.1, 0.15) is 19.3 Å². The average Bonchev–Trinajstić information content (AvgIpc) is 2.85. The zero-order valence-electron chi connectivity index (χ0n) is 11.9. The predicted molar refractivity (Wildman–Crippen MR) is 76.5 cm³/mol. The molecule has 2 aliphatic rings. The van der Waals surface area contributed by atoms with E-state index in [0.29, 0.717) is 18.9 Å². The Balaban J connectivity index is 0.00000220. The average molecular weight is 330 g/mol. The number of likely N-dealkylation sites (tertiary alicyclic amines) is 1. The lowest BCUT2D eigenvalue weighted by Gasteiger charge is -2.27. The molecule has 2 N–H and O–H groups in total. The van der Waals surface area contributed by atoms with Gasteiger partial charge in [0.2, 0.25) is 5.91 Å². The van der Waals surface area contributed by atoms with Crippen LogP contribution in [0.15, 0.2) is 0 Å². The Kier molecular flexibility index (Phi) is 7.23. The molecule has 4 nitrogen and oxygen atoms in total. The number of halogens is 4. The van der Waals surface area contributed by atoms with Crippen molar-refractivity contribution in [3.05, 3.63) is 0 Å². The molecule has 1 amide bonds. The van der Waals surface area contributed by atoms with E-state index >= 15 is 0 Å². The number of amides is 1. The normalized spacial score (nSPS) is 24.6. The summed E-state index contributed by atoms with van der Waals surface area (Å²) in [5.41, 5.74) is 0. The minimum absolute atomic E-state index is 0. The number of hydrogen-bond donors (Lipinski definition) is 2. The molecule has 0 aromatic carbocycles. The molecule has 0 radical (unpaired) electrons. The number of hydrogen-bond acceptors (Lipinski definition) is 3. The van der Waals surface area contributed by atoms with Gasteiger partial charge in [-0.2, -0.15) is 13.2 Å². The second kappa shape index (κ2) is 8.19. The fourth-order valence-electron chi connectivity index (χ4n) is 2.97. The number of carbonyl (C=O) groups is 1. The van der Waals surface area contributed by atoms with Crippen molar-refractivity contribution in [1.29, 1.82) is 0 Å². The Morgan fingerprint density at radius 2 is 1.90 bits per heavy atom. The molecular weight excluding hydrogens is 307 g/mol. The fourth-order valence-corrected chi connectivity index (χ4v) is 2.97. The van der Waals surface area contributed by atoms with Crippen LogP contribution < -0.4 is 10.6 Å². The van der Waals surface area contributed by atoms with E-state index in [1.54, 1.807) is 0 Å². The summed E-state index contributed by atoms with van der Waals surface area (Å²) in [6, 6.07) is 0. The molecule has 1 atom stereocenters. The number of rotatable bonds is 4. The van der Waals surface area contributed by atoms with E-state index in [0.717, 1.165) is 39.0 Å². The van der Waals surface area contributed by atoms with Gasteiger partial charge in [-0.3, -0.25) is 4.79 Å². The van der Waals surface area contributed by atoms with Crippen molar-refractivity contribution in [3.8, 4) is 0 Å². The zero-order chi connectivity index (χ0) is 14.6. The number of nitrogens with zero attached hydrogens (tertiary/aromatic N) is 1. The van der Waals surface area contributed by atoms with Gasteiger partial charge in [-0.25, -0.2) is 0 Å². The van der Waals surface area contributed by atoms with Gasteiger partial charge in [0, 0.05) is 13.1 Å². The Morgan fingerprint density at radius 3 is 2.52 bits per heavy atom. The Bertz CT molecular complexity index is 335. The standard InChI is InChI=1S/C13H22F3N3O.ClH/c14-13(15,16)9-18-12(20)11-3-6-19(8-11)7-10-1-4-17-5-2-10;/h10-11,17H,1-9H2,(H,18,20);1H. The SMILES string of the molecule is Cl.O=C(NCC(F)(F)F)C1CCN(CC2CCNCC2)C1. The molecule has 2 saturated heterocycles. The van der Waals surface area contributed by atoms with E-state index < -0.39 is 18.6 Å². The van der Waals surface area contributed by atoms with E-state index in [2.05, 4.69) is 10.2 Å². The summed E-state index contributed by atoms with van der Waals surface area (Å²) in [6.07, 6.45) is -1.39. The highest BCUT2D eigenvalue weighted by molar-refractivity contribution is 5.85. The second-order valence-electron chi connectivity index (χ2n) is 5.77. The van der Waals surface area contributed by atoms with Gasteiger partial charge in [0.25, 0.3) is 0 Å². The fraction of sp³-hybridized carbons (Fsp3) is 0.923. The van der Waals surface area contributed by atoms with Gasteiger partial charge in [-0.15, -0.1) is 12.4 Å². The maximum Gasteiger partial charge on any atom is 0.405 e. The van der Waals surface area contributed by atoms with Gasteiger partial charge in [0.15, 0.2) is 0 Å². The summed E-state index contributed by atoms with van der Waals surface area (Å²) in [5, 5.41) is 5.30. The highest BCUT2D eigenvalue weighted by Crippen LogP contribution is 2.21. The molecule has 0 aliphatic carbocycles. The van der Waals surface area contributed by atoms with Crippen LogP contribution in [-0.4, -0.2) is 56.3 Å². The van der Waals surface area contributed by atoms with Gasteiger partial charge >= 0.3 is 6.18 Å². The molecule has 2 aliphatic heterocycles. The maximum atomic E-state index is 12.1. The first-order valence-corrected chi connectivity index (χ1v) is 7.21. The van der Waals surface area contributed by atoms with Crippen molar-refractivity contribution in [2.45, 2.75) is 25.4 Å². The molecule has 2 heterocycles. The molecule has 124 valence electrons. The van der Waals surface area contributed by atoms with Crippen molar-refractivity contribution in [2.75, 3.05) is 39.3 Å². The molecule has 1 unspecified atom stereocenters. The lowest BCUT2D eigenvalue weighted by atomic mass is 9.98. The second-order valence-corrected chi connectivity index (χ2v) is 5.77. The molecule has 2 rings (SSSR count). The van der Waals surface area contributed by atoms with Crippen LogP contribution in [0.3, 0.4) is 0 Å². The summed E-state index contributed by atoms with van der Waals surface area (Å²) >= 11 is 0. The Morgan fingerprint density at radius 1 is 1.24 bits per heavy atom. The summed E-state index contributed by atoms with van der Waals surface area (Å²) in [5.74, 6) is -0.109. The van der Waals surface area contributed by atoms with Crippen LogP contribution in [0.2, 0.25) is 0 Å². The highest BCUT2D eigenvalue weighted by atomic mass is 35.5. The van der Waals surface area contributed by atoms with Crippen LogP contribution in [0.4, 0.5) is 13.2 Å². The van der Waals surface area contributed by atoms with Crippen LogP contribution in [-0.2, 0) is 4.79 Å². The van der Waals surface area contributed by atoms with E-state index in [-0.39, 0.29) is 18.3 Å². The minimum atomic E-state index is -4.33. The monoisotopic (exact) mass is 329 g/mol. The van der Waals surface area contributed by atoms with Crippen molar-refractivity contribution < 1.29 is 18.0 Å². The lowest BCUT2D eigenvalue weighted by molar-refractivity contribution is -0.140. The third kappa shape index (κ3) is 6.40. The first kappa shape index (κ1) is 18.5. The molecule has 0 spiro atoms. The molecule has 2 fully saturated rings. The molecule has 21 heavy (non-hydrogen) atoms. The molecule has 0 saturated carbocycles. The summed E-state index contributed by atoms with van der Waals surface area (Å²) in [4.78, 5) is 13.9. The quantitative estimate of drug-likeness (QED) is 0.819. The minimum Gasteiger partial charge on any atom is -0.347 e. The molecule has 0 bridgehead atoms. The van der Waals surface area contributed by atoms with Gasteiger partial charge in [0.05, 0.1) is 5.92 Å². The highest BCUT2D eigenvalue weighted by Gasteiger charge is 2.33. The zero-order valence-corrected chi connectivity index (χ0v) is 12.7. The topological polar surface area (TPSA) is 44.4 Å². The predicted octanol–water partition coefficient (Wildman–Crippen LogP) is 1.41. The van der Waals surface area contributed by atoms with Gasteiger partial charge in [0.1, 0.15) is 6.54 Å². The van der Waals surface area contributed by atoms with Gasteiger partial charge in [-0.1, -0.05) is 0 Å². The summed E-state index contributed by atoms with van der Waals surface area (Å²) in [6.45, 7) is 3.21. The van der Waals surface area contributed by atoms with Crippen molar-refractivity contribution >= 4 is 18.3 Å². The van der Waals surface area contributed by atoms with Crippen molar-refractivity contribution in [2.24, 2.45) is 11.8 Å². The van der Waals surface area contributed by atoms with Crippen LogP contribution >= 0.6 is 12.4 Å². The first-order valence-electron chi connectivity index (χ1n) is 7.21. The van der Waals surface area contributed by atoms with E-state index in [9.17, 15) is 18.0 Å². The number of nitrogens with one attached hydrogen (secondary N) is 2. The molecule has 8 heteroatoms. The number of alkyl halides is 3. The van der Waals surface area contributed by atoms with E-state index in [1.165, 1.54) is 0 Å². The van der Waals surface area contributed by atoms with E-state index in [4.69, 9.17) is 0 Å². The third-order valence-electron chi connectivity index (χ3n) is 4.08. The number of carbonyl (C=O) groups excluding carboxylic acids is 1. The smallest absolute Gasteiger partial charge is 0.347 e. The largest absolute Gasteiger partial charge is 0.405 e. The van der Waals surface area contributed by atoms with Crippen LogP contribution in [0.25, 0.3) is 0 Å². The van der Waals surface area contributed by atoms with Crippen LogP contribution in [0.5, 0.6) is 0 Å². The maximum absolute atomic E-state index is 12.1. The Hall–Kier alpha value is -0.530. The summed E-state index contributed by atoms with van der Waals surface area (Å²) in [7, 11) is 0.